The van der Waals surface area contributed by atoms with Crippen LogP contribution in [0.2, 0.25) is 0 Å². The highest BCUT2D eigenvalue weighted by Gasteiger charge is 2.32. The minimum absolute atomic E-state index is 0.0771. The summed E-state index contributed by atoms with van der Waals surface area (Å²) in [5.74, 6) is -2.73. The van der Waals surface area contributed by atoms with Gasteiger partial charge in [0.25, 0.3) is 0 Å². The average molecular weight is 278 g/mol. The van der Waals surface area contributed by atoms with Gasteiger partial charge in [0.05, 0.1) is 6.10 Å². The number of hydrogen-bond donors (Lipinski definition) is 1. The molecule has 2 nitrogen and oxygen atoms in total. The highest BCUT2D eigenvalue weighted by Crippen LogP contribution is 2.29. The lowest BCUT2D eigenvalue weighted by Crippen LogP contribution is -2.23. The van der Waals surface area contributed by atoms with Crippen LogP contribution in [0.25, 0.3) is 0 Å². The third-order valence-electron chi connectivity index (χ3n) is 2.96. The molecule has 106 valence electrons. The lowest BCUT2D eigenvalue weighted by Gasteiger charge is -2.18. The van der Waals surface area contributed by atoms with Crippen LogP contribution in [0.5, 0.6) is 5.75 Å². The molecule has 0 heterocycles. The van der Waals surface area contributed by atoms with Crippen LogP contribution in [0.1, 0.15) is 24.2 Å². The van der Waals surface area contributed by atoms with Crippen molar-refractivity contribution < 1.29 is 18.6 Å². The lowest BCUT2D eigenvalue weighted by atomic mass is 10.1. The zero-order valence-electron chi connectivity index (χ0n) is 11.1. The smallest absolute Gasteiger partial charge is 0.306 e. The quantitative estimate of drug-likeness (QED) is 0.898. The van der Waals surface area contributed by atoms with E-state index in [1.807, 2.05) is 0 Å². The zero-order chi connectivity index (χ0) is 14.6. The summed E-state index contributed by atoms with van der Waals surface area (Å²) >= 11 is 0. The first kappa shape index (κ1) is 14.5. The van der Waals surface area contributed by atoms with Crippen molar-refractivity contribution in [3.63, 3.8) is 0 Å². The normalized spacial score (nSPS) is 13.0. The molecular weight excluding hydrogens is 262 g/mol. The first-order chi connectivity index (χ1) is 9.49. The topological polar surface area (TPSA) is 29.5 Å². The molecular formula is C16H16F2O2. The molecule has 2 aromatic carbocycles. The molecule has 0 saturated carbocycles. The number of benzene rings is 2. The van der Waals surface area contributed by atoms with Gasteiger partial charge in [-0.3, -0.25) is 0 Å². The Morgan fingerprint density at radius 1 is 1.10 bits per heavy atom. The van der Waals surface area contributed by atoms with Crippen molar-refractivity contribution in [2.45, 2.75) is 19.0 Å². The van der Waals surface area contributed by atoms with Gasteiger partial charge in [0.1, 0.15) is 5.75 Å². The van der Waals surface area contributed by atoms with Gasteiger partial charge in [-0.05, 0) is 24.6 Å². The summed E-state index contributed by atoms with van der Waals surface area (Å²) in [4.78, 5) is 0. The molecule has 1 atom stereocenters. The second-order valence-electron chi connectivity index (χ2n) is 4.61. The van der Waals surface area contributed by atoms with Crippen LogP contribution >= 0.6 is 0 Å². The molecule has 2 rings (SSSR count). The van der Waals surface area contributed by atoms with Crippen LogP contribution in [0.4, 0.5) is 8.78 Å². The summed E-state index contributed by atoms with van der Waals surface area (Å²) in [6, 6.07) is 14.1. The van der Waals surface area contributed by atoms with Gasteiger partial charge in [0, 0.05) is 5.56 Å². The van der Waals surface area contributed by atoms with Crippen molar-refractivity contribution in [3.05, 3.63) is 65.7 Å². The number of alkyl halides is 2. The summed E-state index contributed by atoms with van der Waals surface area (Å²) < 4.78 is 33.0. The number of aliphatic hydroxyl groups is 1. The Balaban J connectivity index is 2.06. The Labute approximate surface area is 116 Å². The molecule has 0 fully saturated rings. The highest BCUT2D eigenvalue weighted by molar-refractivity contribution is 5.30. The van der Waals surface area contributed by atoms with Crippen molar-refractivity contribution in [1.29, 1.82) is 0 Å². The lowest BCUT2D eigenvalue weighted by molar-refractivity contribution is -0.0467. The van der Waals surface area contributed by atoms with E-state index in [1.54, 1.807) is 49.4 Å². The van der Waals surface area contributed by atoms with Gasteiger partial charge in [0.15, 0.2) is 6.61 Å². The Morgan fingerprint density at radius 3 is 2.45 bits per heavy atom. The second kappa shape index (κ2) is 6.01. The van der Waals surface area contributed by atoms with E-state index in [-0.39, 0.29) is 5.56 Å². The fourth-order valence-corrected chi connectivity index (χ4v) is 1.80. The predicted molar refractivity (Wildman–Crippen MR) is 72.9 cm³/mol. The Hall–Kier alpha value is -1.94. The highest BCUT2D eigenvalue weighted by atomic mass is 19.3. The molecule has 2 aromatic rings. The van der Waals surface area contributed by atoms with E-state index in [9.17, 15) is 13.9 Å². The van der Waals surface area contributed by atoms with Crippen molar-refractivity contribution in [3.8, 4) is 5.75 Å². The molecule has 0 amide bonds. The van der Waals surface area contributed by atoms with Crippen molar-refractivity contribution in [1.82, 2.24) is 0 Å². The maximum atomic E-state index is 13.9. The van der Waals surface area contributed by atoms with Crippen LogP contribution in [0.3, 0.4) is 0 Å². The summed E-state index contributed by atoms with van der Waals surface area (Å²) in [5, 5.41) is 9.45. The molecule has 0 spiro atoms. The van der Waals surface area contributed by atoms with E-state index >= 15 is 0 Å². The van der Waals surface area contributed by atoms with E-state index in [0.717, 1.165) is 0 Å². The number of hydrogen-bond acceptors (Lipinski definition) is 2. The van der Waals surface area contributed by atoms with Gasteiger partial charge < -0.3 is 9.84 Å². The number of aliphatic hydroxyl groups excluding tert-OH is 1. The molecule has 1 N–H and O–H groups in total. The molecule has 0 saturated heterocycles. The molecule has 0 aliphatic carbocycles. The minimum atomic E-state index is -3.05. The number of rotatable bonds is 5. The summed E-state index contributed by atoms with van der Waals surface area (Å²) in [5.41, 5.74) is 0.553. The van der Waals surface area contributed by atoms with Crippen LogP contribution < -0.4 is 4.74 Å². The van der Waals surface area contributed by atoms with E-state index in [0.29, 0.717) is 11.3 Å². The first-order valence-corrected chi connectivity index (χ1v) is 6.33. The van der Waals surface area contributed by atoms with E-state index in [2.05, 4.69) is 0 Å². The molecule has 0 radical (unpaired) electrons. The van der Waals surface area contributed by atoms with Crippen LogP contribution in [-0.4, -0.2) is 11.7 Å². The summed E-state index contributed by atoms with van der Waals surface area (Å²) in [7, 11) is 0. The second-order valence-corrected chi connectivity index (χ2v) is 4.61. The van der Waals surface area contributed by atoms with Crippen LogP contribution in [0.15, 0.2) is 54.6 Å². The summed E-state index contributed by atoms with van der Waals surface area (Å²) in [6.45, 7) is 0.873. The van der Waals surface area contributed by atoms with Crippen molar-refractivity contribution >= 4 is 0 Å². The zero-order valence-corrected chi connectivity index (χ0v) is 11.1. The standard InChI is InChI=1S/C16H16F2O2/c1-12(19)13-6-5-9-15(10-13)20-11-16(17,18)14-7-3-2-4-8-14/h2-10,12,19H,11H2,1H3/t12-/m1/s1. The van der Waals surface area contributed by atoms with E-state index in [1.165, 1.54) is 12.1 Å². The number of ether oxygens (including phenoxy) is 1. The Bertz CT molecular complexity index is 553. The first-order valence-electron chi connectivity index (χ1n) is 6.33. The monoisotopic (exact) mass is 278 g/mol. The van der Waals surface area contributed by atoms with Crippen LogP contribution in [0, 0.1) is 0 Å². The predicted octanol–water partition coefficient (Wildman–Crippen LogP) is 3.91. The molecule has 0 aliphatic heterocycles. The Morgan fingerprint density at radius 2 is 1.80 bits per heavy atom. The van der Waals surface area contributed by atoms with Gasteiger partial charge >= 0.3 is 5.92 Å². The maximum Gasteiger partial charge on any atom is 0.306 e. The maximum absolute atomic E-state index is 13.9. The Kier molecular flexibility index (Phi) is 4.35. The SMILES string of the molecule is C[C@@H](O)c1cccc(OCC(F)(F)c2ccccc2)c1. The van der Waals surface area contributed by atoms with Gasteiger partial charge in [-0.2, -0.15) is 8.78 Å². The third kappa shape index (κ3) is 3.54. The van der Waals surface area contributed by atoms with Gasteiger partial charge in [-0.15, -0.1) is 0 Å². The molecule has 0 aliphatic rings. The van der Waals surface area contributed by atoms with Crippen molar-refractivity contribution in [2.75, 3.05) is 6.61 Å². The number of halogens is 2. The minimum Gasteiger partial charge on any atom is -0.487 e. The molecule has 4 heteroatoms. The van der Waals surface area contributed by atoms with Gasteiger partial charge in [-0.25, -0.2) is 0 Å². The molecule has 0 unspecified atom stereocenters. The van der Waals surface area contributed by atoms with Crippen LogP contribution in [-0.2, 0) is 5.92 Å². The van der Waals surface area contributed by atoms with E-state index < -0.39 is 18.6 Å². The molecule has 0 aromatic heterocycles. The molecule has 0 bridgehead atoms. The fourth-order valence-electron chi connectivity index (χ4n) is 1.80. The average Bonchev–Trinajstić information content (AvgIpc) is 2.46. The van der Waals surface area contributed by atoms with Gasteiger partial charge in [-0.1, -0.05) is 42.5 Å². The largest absolute Gasteiger partial charge is 0.487 e. The van der Waals surface area contributed by atoms with Gasteiger partial charge in [0.2, 0.25) is 0 Å². The van der Waals surface area contributed by atoms with Crippen molar-refractivity contribution in [2.24, 2.45) is 0 Å². The third-order valence-corrected chi connectivity index (χ3v) is 2.96. The summed E-state index contributed by atoms with van der Waals surface area (Å²) in [6.07, 6.45) is -0.659. The molecule has 20 heavy (non-hydrogen) atoms. The fraction of sp³-hybridized carbons (Fsp3) is 0.250. The van der Waals surface area contributed by atoms with E-state index in [4.69, 9.17) is 4.74 Å².